The molecule has 0 aliphatic heterocycles. The lowest BCUT2D eigenvalue weighted by Crippen LogP contribution is -2.14. The first kappa shape index (κ1) is 14.6. The summed E-state index contributed by atoms with van der Waals surface area (Å²) in [5.74, 6) is -1.38. The van der Waals surface area contributed by atoms with Crippen LogP contribution in [0, 0.1) is 12.9 Å². The van der Waals surface area contributed by atoms with Crippen LogP contribution in [0.5, 0.6) is 0 Å². The number of amides is 2. The topological polar surface area (TPSA) is 71.1 Å². The lowest BCUT2D eigenvalue weighted by atomic mass is 10.1. The van der Waals surface area contributed by atoms with Crippen LogP contribution in [-0.4, -0.2) is 16.8 Å². The molecule has 0 atom stereocenters. The highest BCUT2D eigenvalue weighted by atomic mass is 19.1. The average Bonchev–Trinajstić information content (AvgIpc) is 2.41. The lowest BCUT2D eigenvalue weighted by molar-refractivity contribution is -0.114. The third-order valence-electron chi connectivity index (χ3n) is 2.74. The predicted molar refractivity (Wildman–Crippen MR) is 77.6 cm³/mol. The van der Waals surface area contributed by atoms with E-state index >= 15 is 0 Å². The Hall–Kier alpha value is -2.76. The van der Waals surface area contributed by atoms with E-state index in [0.717, 1.165) is 5.56 Å². The highest BCUT2D eigenvalue weighted by Gasteiger charge is 2.09. The molecule has 0 spiro atoms. The summed E-state index contributed by atoms with van der Waals surface area (Å²) in [5.41, 5.74) is 2.01. The van der Waals surface area contributed by atoms with Gasteiger partial charge in [0.2, 0.25) is 11.9 Å². The Kier molecular flexibility index (Phi) is 4.27. The summed E-state index contributed by atoms with van der Waals surface area (Å²) in [7, 11) is 0. The number of hydrogen-bond donors (Lipinski definition) is 2. The van der Waals surface area contributed by atoms with E-state index in [4.69, 9.17) is 0 Å². The third-order valence-corrected chi connectivity index (χ3v) is 2.74. The van der Waals surface area contributed by atoms with Gasteiger partial charge in [0, 0.05) is 18.3 Å². The fraction of sp³-hybridized carbons (Fsp3) is 0.133. The van der Waals surface area contributed by atoms with E-state index in [-0.39, 0.29) is 11.6 Å². The van der Waals surface area contributed by atoms with Crippen molar-refractivity contribution in [2.75, 3.05) is 10.6 Å². The van der Waals surface area contributed by atoms with Crippen molar-refractivity contribution in [3.63, 3.8) is 0 Å². The van der Waals surface area contributed by atoms with Crippen molar-refractivity contribution in [3.8, 4) is 0 Å². The summed E-state index contributed by atoms with van der Waals surface area (Å²) in [6.07, 6.45) is 0. The molecule has 1 aromatic heterocycles. The average molecular weight is 287 g/mol. The molecule has 2 rings (SSSR count). The van der Waals surface area contributed by atoms with Crippen LogP contribution in [0.15, 0.2) is 36.4 Å². The van der Waals surface area contributed by atoms with Gasteiger partial charge in [-0.2, -0.15) is 4.39 Å². The van der Waals surface area contributed by atoms with E-state index in [1.807, 2.05) is 0 Å². The minimum Gasteiger partial charge on any atom is -0.326 e. The number of halogens is 1. The minimum atomic E-state index is -0.708. The van der Waals surface area contributed by atoms with Gasteiger partial charge in [-0.1, -0.05) is 6.07 Å². The number of nitrogens with zero attached hydrogens (tertiary/aromatic N) is 1. The van der Waals surface area contributed by atoms with Crippen molar-refractivity contribution in [1.29, 1.82) is 0 Å². The fourth-order valence-corrected chi connectivity index (χ4v) is 1.80. The summed E-state index contributed by atoms with van der Waals surface area (Å²) >= 11 is 0. The largest absolute Gasteiger partial charge is 0.326 e. The van der Waals surface area contributed by atoms with Crippen LogP contribution in [0.25, 0.3) is 0 Å². The quantitative estimate of drug-likeness (QED) is 0.853. The number of pyridine rings is 1. The molecule has 0 radical (unpaired) electrons. The van der Waals surface area contributed by atoms with E-state index < -0.39 is 11.9 Å². The van der Waals surface area contributed by atoms with Crippen molar-refractivity contribution in [3.05, 3.63) is 53.6 Å². The molecule has 0 aliphatic rings. The molecular formula is C15H14FN3O2. The second-order valence-electron chi connectivity index (χ2n) is 4.51. The van der Waals surface area contributed by atoms with Gasteiger partial charge in [0.05, 0.1) is 0 Å². The Morgan fingerprint density at radius 3 is 2.52 bits per heavy atom. The first-order chi connectivity index (χ1) is 9.95. The van der Waals surface area contributed by atoms with Crippen molar-refractivity contribution >= 4 is 23.2 Å². The summed E-state index contributed by atoms with van der Waals surface area (Å²) in [4.78, 5) is 26.5. The highest BCUT2D eigenvalue weighted by molar-refractivity contribution is 6.03. The normalized spacial score (nSPS) is 10.0. The van der Waals surface area contributed by atoms with Gasteiger partial charge in [-0.15, -0.1) is 0 Å². The van der Waals surface area contributed by atoms with Crippen LogP contribution in [0.4, 0.5) is 15.8 Å². The van der Waals surface area contributed by atoms with Gasteiger partial charge in [-0.05, 0) is 42.8 Å². The van der Waals surface area contributed by atoms with Gasteiger partial charge in [-0.25, -0.2) is 4.98 Å². The molecule has 108 valence electrons. The van der Waals surface area contributed by atoms with Gasteiger partial charge in [-0.3, -0.25) is 9.59 Å². The number of aryl methyl sites for hydroxylation is 1. The van der Waals surface area contributed by atoms with Crippen LogP contribution >= 0.6 is 0 Å². The van der Waals surface area contributed by atoms with Crippen molar-refractivity contribution in [2.45, 2.75) is 13.8 Å². The number of benzene rings is 1. The standard InChI is InChI=1S/C15H14FN3O2/c1-9-8-11(6-7-12(9)17-10(2)20)18-15(21)13-4-3-5-14(16)19-13/h3-8H,1-2H3,(H,17,20)(H,18,21). The number of anilines is 2. The van der Waals surface area contributed by atoms with Crippen LogP contribution in [0.3, 0.4) is 0 Å². The Morgan fingerprint density at radius 1 is 1.14 bits per heavy atom. The van der Waals surface area contributed by atoms with Gasteiger partial charge >= 0.3 is 0 Å². The maximum absolute atomic E-state index is 13.0. The Labute approximate surface area is 121 Å². The molecule has 0 saturated carbocycles. The smallest absolute Gasteiger partial charge is 0.274 e. The van der Waals surface area contributed by atoms with Crippen LogP contribution < -0.4 is 10.6 Å². The molecular weight excluding hydrogens is 273 g/mol. The molecule has 5 nitrogen and oxygen atoms in total. The zero-order valence-corrected chi connectivity index (χ0v) is 11.6. The van der Waals surface area contributed by atoms with E-state index in [0.29, 0.717) is 11.4 Å². The predicted octanol–water partition coefficient (Wildman–Crippen LogP) is 2.74. The monoisotopic (exact) mass is 287 g/mol. The third kappa shape index (κ3) is 3.85. The zero-order chi connectivity index (χ0) is 15.4. The van der Waals surface area contributed by atoms with Gasteiger partial charge in [0.1, 0.15) is 5.69 Å². The number of aromatic nitrogens is 1. The fourth-order valence-electron chi connectivity index (χ4n) is 1.80. The highest BCUT2D eigenvalue weighted by Crippen LogP contribution is 2.20. The second kappa shape index (κ2) is 6.13. The molecule has 6 heteroatoms. The minimum absolute atomic E-state index is 0.00131. The summed E-state index contributed by atoms with van der Waals surface area (Å²) in [6, 6.07) is 9.06. The maximum Gasteiger partial charge on any atom is 0.274 e. The SMILES string of the molecule is CC(=O)Nc1ccc(NC(=O)c2cccc(F)n2)cc1C. The molecule has 0 fully saturated rings. The molecule has 1 aromatic carbocycles. The number of carbonyl (C=O) groups is 2. The Morgan fingerprint density at radius 2 is 1.90 bits per heavy atom. The maximum atomic E-state index is 13.0. The van der Waals surface area contributed by atoms with Gasteiger partial charge in [0.25, 0.3) is 5.91 Å². The van der Waals surface area contributed by atoms with Crippen LogP contribution in [0.2, 0.25) is 0 Å². The van der Waals surface area contributed by atoms with E-state index in [1.165, 1.54) is 25.1 Å². The van der Waals surface area contributed by atoms with Crippen molar-refractivity contribution in [1.82, 2.24) is 4.98 Å². The summed E-state index contributed by atoms with van der Waals surface area (Å²) in [5, 5.41) is 5.31. The Bertz CT molecular complexity index is 701. The van der Waals surface area contributed by atoms with Gasteiger partial charge in [0.15, 0.2) is 0 Å². The molecule has 2 N–H and O–H groups in total. The first-order valence-corrected chi connectivity index (χ1v) is 6.28. The Balaban J connectivity index is 2.15. The molecule has 0 unspecified atom stereocenters. The van der Waals surface area contributed by atoms with Crippen LogP contribution in [0.1, 0.15) is 23.0 Å². The number of nitrogens with one attached hydrogen (secondary N) is 2. The zero-order valence-electron chi connectivity index (χ0n) is 11.6. The summed E-state index contributed by atoms with van der Waals surface area (Å²) in [6.45, 7) is 3.23. The second-order valence-corrected chi connectivity index (χ2v) is 4.51. The molecule has 2 aromatic rings. The molecule has 0 bridgehead atoms. The molecule has 2 amide bonds. The molecule has 0 saturated heterocycles. The number of hydrogen-bond acceptors (Lipinski definition) is 3. The van der Waals surface area contributed by atoms with E-state index in [1.54, 1.807) is 25.1 Å². The lowest BCUT2D eigenvalue weighted by Gasteiger charge is -2.10. The van der Waals surface area contributed by atoms with Crippen molar-refractivity contribution < 1.29 is 14.0 Å². The van der Waals surface area contributed by atoms with E-state index in [2.05, 4.69) is 15.6 Å². The number of carbonyl (C=O) groups excluding carboxylic acids is 2. The van der Waals surface area contributed by atoms with Crippen LogP contribution in [-0.2, 0) is 4.79 Å². The van der Waals surface area contributed by atoms with Gasteiger partial charge < -0.3 is 10.6 Å². The molecule has 21 heavy (non-hydrogen) atoms. The summed E-state index contributed by atoms with van der Waals surface area (Å²) < 4.78 is 13.0. The number of rotatable bonds is 3. The molecule has 0 aliphatic carbocycles. The van der Waals surface area contributed by atoms with Crippen molar-refractivity contribution in [2.24, 2.45) is 0 Å². The first-order valence-electron chi connectivity index (χ1n) is 6.28. The molecule has 1 heterocycles. The van der Waals surface area contributed by atoms with E-state index in [9.17, 15) is 14.0 Å².